The molecule has 0 bridgehead atoms. The van der Waals surface area contributed by atoms with Gasteiger partial charge in [-0.2, -0.15) is 0 Å². The second-order valence-corrected chi connectivity index (χ2v) is 5.84. The van der Waals surface area contributed by atoms with E-state index in [0.29, 0.717) is 0 Å². The first-order valence-corrected chi connectivity index (χ1v) is 8.25. The molecular formula is C17H23NO7. The van der Waals surface area contributed by atoms with Gasteiger partial charge in [-0.1, -0.05) is 30.3 Å². The van der Waals surface area contributed by atoms with Crippen LogP contribution in [-0.2, 0) is 23.7 Å². The fourth-order valence-electron chi connectivity index (χ4n) is 3.04. The van der Waals surface area contributed by atoms with E-state index in [1.807, 2.05) is 30.3 Å². The van der Waals surface area contributed by atoms with Crippen molar-refractivity contribution in [1.29, 1.82) is 0 Å². The Bertz CT molecular complexity index is 569. The molecule has 25 heavy (non-hydrogen) atoms. The quantitative estimate of drug-likeness (QED) is 0.832. The first-order chi connectivity index (χ1) is 12.1. The summed E-state index contributed by atoms with van der Waals surface area (Å²) in [6.07, 6.45) is -4.30. The van der Waals surface area contributed by atoms with Gasteiger partial charge in [-0.05, 0) is 6.92 Å². The topological polar surface area (TPSA) is 95.5 Å². The minimum atomic E-state index is -1.04. The van der Waals surface area contributed by atoms with Crippen LogP contribution in [0.4, 0.5) is 4.79 Å². The minimum absolute atomic E-state index is 0.222. The van der Waals surface area contributed by atoms with Gasteiger partial charge in [0.05, 0.1) is 13.2 Å². The summed E-state index contributed by atoms with van der Waals surface area (Å²) in [5, 5.41) is 13.3. The zero-order chi connectivity index (χ0) is 17.8. The number of hydrogen-bond donors (Lipinski definition) is 2. The van der Waals surface area contributed by atoms with Gasteiger partial charge in [0.1, 0.15) is 24.4 Å². The first-order valence-electron chi connectivity index (χ1n) is 8.25. The number of ether oxygens (including phenoxy) is 5. The van der Waals surface area contributed by atoms with Gasteiger partial charge in [0, 0.05) is 12.7 Å². The maximum Gasteiger partial charge on any atom is 0.407 e. The first kappa shape index (κ1) is 18.1. The van der Waals surface area contributed by atoms with Crippen LogP contribution in [0.2, 0.25) is 0 Å². The fraction of sp³-hybridized carbons (Fsp3) is 0.588. The van der Waals surface area contributed by atoms with Gasteiger partial charge in [-0.3, -0.25) is 0 Å². The van der Waals surface area contributed by atoms with Crippen molar-refractivity contribution in [1.82, 2.24) is 5.32 Å². The lowest BCUT2D eigenvalue weighted by atomic mass is 9.96. The largest absolute Gasteiger partial charge is 0.450 e. The second-order valence-electron chi connectivity index (χ2n) is 5.84. The summed E-state index contributed by atoms with van der Waals surface area (Å²) < 4.78 is 27.5. The van der Waals surface area contributed by atoms with E-state index in [1.165, 1.54) is 7.11 Å². The van der Waals surface area contributed by atoms with Crippen molar-refractivity contribution in [2.45, 2.75) is 43.9 Å². The Balaban J connectivity index is 1.72. The molecule has 0 saturated carbocycles. The third-order valence-corrected chi connectivity index (χ3v) is 4.23. The molecule has 2 aliphatic heterocycles. The summed E-state index contributed by atoms with van der Waals surface area (Å²) in [5.41, 5.74) is 0.844. The Hall–Kier alpha value is -1.71. The van der Waals surface area contributed by atoms with E-state index in [1.54, 1.807) is 6.92 Å². The Morgan fingerprint density at radius 3 is 2.76 bits per heavy atom. The monoisotopic (exact) mass is 353 g/mol. The molecule has 1 aromatic carbocycles. The van der Waals surface area contributed by atoms with Crippen molar-refractivity contribution >= 4 is 6.09 Å². The van der Waals surface area contributed by atoms with E-state index in [2.05, 4.69) is 5.32 Å². The predicted molar refractivity (Wildman–Crippen MR) is 85.6 cm³/mol. The van der Waals surface area contributed by atoms with Crippen LogP contribution in [-0.4, -0.2) is 62.2 Å². The molecule has 8 nitrogen and oxygen atoms in total. The summed E-state index contributed by atoms with van der Waals surface area (Å²) in [6.45, 7) is 2.16. The van der Waals surface area contributed by atoms with Crippen LogP contribution in [0, 0.1) is 0 Å². The normalized spacial score (nSPS) is 34.8. The van der Waals surface area contributed by atoms with Gasteiger partial charge in [0.25, 0.3) is 0 Å². The third-order valence-electron chi connectivity index (χ3n) is 4.23. The molecule has 2 heterocycles. The Labute approximate surface area is 146 Å². The molecular weight excluding hydrogens is 330 g/mol. The maximum absolute atomic E-state index is 11.7. The number of fused-ring (bicyclic) bond motifs is 1. The van der Waals surface area contributed by atoms with Gasteiger partial charge in [0.15, 0.2) is 12.6 Å². The van der Waals surface area contributed by atoms with Crippen LogP contribution in [0.5, 0.6) is 0 Å². The summed E-state index contributed by atoms with van der Waals surface area (Å²) in [6, 6.07) is 8.61. The van der Waals surface area contributed by atoms with Crippen LogP contribution >= 0.6 is 0 Å². The second kappa shape index (κ2) is 8.11. The number of nitrogens with one attached hydrogen (secondary N) is 1. The number of carbonyl (C=O) groups excluding carboxylic acids is 1. The van der Waals surface area contributed by atoms with Crippen LogP contribution in [0.15, 0.2) is 30.3 Å². The van der Waals surface area contributed by atoms with E-state index >= 15 is 0 Å². The molecule has 0 aromatic heterocycles. The van der Waals surface area contributed by atoms with Crippen molar-refractivity contribution in [3.05, 3.63) is 35.9 Å². The Morgan fingerprint density at radius 1 is 1.32 bits per heavy atom. The van der Waals surface area contributed by atoms with Crippen molar-refractivity contribution in [3.8, 4) is 0 Å². The molecule has 138 valence electrons. The number of carbonyl (C=O) groups is 1. The molecule has 1 amide bonds. The number of hydrogen-bond acceptors (Lipinski definition) is 7. The molecule has 1 aromatic rings. The van der Waals surface area contributed by atoms with Gasteiger partial charge in [-0.15, -0.1) is 0 Å². The molecule has 2 aliphatic rings. The third kappa shape index (κ3) is 3.94. The van der Waals surface area contributed by atoms with Crippen LogP contribution in [0.3, 0.4) is 0 Å². The van der Waals surface area contributed by atoms with E-state index in [-0.39, 0.29) is 13.2 Å². The van der Waals surface area contributed by atoms with Crippen LogP contribution in [0.25, 0.3) is 0 Å². The SMILES string of the molecule is CCOC(=O)N[C@H]1[C@@H](OC)O[C@@H]2COC(c3ccccc3)O[C@H]2[C@@H]1O. The smallest absolute Gasteiger partial charge is 0.407 e. The van der Waals surface area contributed by atoms with Crippen molar-refractivity contribution in [2.24, 2.45) is 0 Å². The average molecular weight is 353 g/mol. The maximum atomic E-state index is 11.7. The van der Waals surface area contributed by atoms with E-state index in [9.17, 15) is 9.90 Å². The lowest BCUT2D eigenvalue weighted by Crippen LogP contribution is -2.66. The van der Waals surface area contributed by atoms with Gasteiger partial charge in [0.2, 0.25) is 0 Å². The zero-order valence-electron chi connectivity index (χ0n) is 14.2. The van der Waals surface area contributed by atoms with Crippen LogP contribution < -0.4 is 5.32 Å². The highest BCUT2D eigenvalue weighted by Gasteiger charge is 2.50. The molecule has 2 N–H and O–H groups in total. The summed E-state index contributed by atoms with van der Waals surface area (Å²) in [7, 11) is 1.44. The molecule has 2 fully saturated rings. The molecule has 3 rings (SSSR count). The molecule has 6 atom stereocenters. The molecule has 2 saturated heterocycles. The lowest BCUT2D eigenvalue weighted by molar-refractivity contribution is -0.341. The molecule has 1 unspecified atom stereocenters. The number of benzene rings is 1. The van der Waals surface area contributed by atoms with E-state index in [0.717, 1.165) is 5.56 Å². The van der Waals surface area contributed by atoms with Crippen molar-refractivity contribution < 1.29 is 33.6 Å². The highest BCUT2D eigenvalue weighted by Crippen LogP contribution is 2.34. The number of aliphatic hydroxyl groups is 1. The van der Waals surface area contributed by atoms with Crippen molar-refractivity contribution in [3.63, 3.8) is 0 Å². The predicted octanol–water partition coefficient (Wildman–Crippen LogP) is 0.947. The molecule has 0 spiro atoms. The summed E-state index contributed by atoms with van der Waals surface area (Å²) >= 11 is 0. The number of aliphatic hydroxyl groups excluding tert-OH is 1. The zero-order valence-corrected chi connectivity index (χ0v) is 14.2. The number of methoxy groups -OCH3 is 1. The Morgan fingerprint density at radius 2 is 2.08 bits per heavy atom. The van der Waals surface area contributed by atoms with Crippen molar-refractivity contribution in [2.75, 3.05) is 20.3 Å². The highest BCUT2D eigenvalue weighted by molar-refractivity contribution is 5.67. The molecule has 0 aliphatic carbocycles. The number of amides is 1. The standard InChI is InChI=1S/C17H23NO7/c1-3-22-17(20)18-12-13(19)14-11(24-16(12)21-2)9-23-15(25-14)10-7-5-4-6-8-10/h4-8,11-16,19H,3,9H2,1-2H3,(H,18,20)/t11-,12-,13-,14-,15?,16+/m1/s1. The van der Waals surface area contributed by atoms with E-state index in [4.69, 9.17) is 23.7 Å². The lowest BCUT2D eigenvalue weighted by Gasteiger charge is -2.47. The van der Waals surface area contributed by atoms with E-state index < -0.39 is 43.0 Å². The number of rotatable bonds is 4. The van der Waals surface area contributed by atoms with Gasteiger partial charge in [-0.25, -0.2) is 4.79 Å². The highest BCUT2D eigenvalue weighted by atomic mass is 16.7. The molecule has 8 heteroatoms. The Kier molecular flexibility index (Phi) is 5.87. The minimum Gasteiger partial charge on any atom is -0.450 e. The van der Waals surface area contributed by atoms with Crippen LogP contribution in [0.1, 0.15) is 18.8 Å². The summed E-state index contributed by atoms with van der Waals surface area (Å²) in [4.78, 5) is 11.7. The average Bonchev–Trinajstić information content (AvgIpc) is 2.64. The fourth-order valence-corrected chi connectivity index (χ4v) is 3.04. The molecule has 0 radical (unpaired) electrons. The van der Waals surface area contributed by atoms with Gasteiger partial charge >= 0.3 is 6.09 Å². The summed E-state index contributed by atoms with van der Waals surface area (Å²) in [5.74, 6) is 0. The number of alkyl carbamates (subject to hydrolysis) is 1. The van der Waals surface area contributed by atoms with Gasteiger partial charge < -0.3 is 34.1 Å².